The van der Waals surface area contributed by atoms with Gasteiger partial charge in [0, 0.05) is 19.3 Å². The molecule has 1 aliphatic rings. The maximum atomic E-state index is 12.0. The van der Waals surface area contributed by atoms with Crippen LogP contribution >= 0.6 is 0 Å². The molecule has 0 saturated carbocycles. The van der Waals surface area contributed by atoms with E-state index in [2.05, 4.69) is 20.5 Å². The molecule has 1 aromatic heterocycles. The zero-order chi connectivity index (χ0) is 13.5. The lowest BCUT2D eigenvalue weighted by molar-refractivity contribution is -0.122. The van der Waals surface area contributed by atoms with Gasteiger partial charge >= 0.3 is 0 Å². The van der Waals surface area contributed by atoms with E-state index in [1.54, 1.807) is 6.20 Å². The Hall–Kier alpha value is -1.46. The second-order valence-corrected chi connectivity index (χ2v) is 4.92. The average molecular weight is 262 g/mol. The SMILES string of the molecule is C[C@H](NC(=O)CN1CCCNCC1)c1ccccn1. The van der Waals surface area contributed by atoms with Crippen molar-refractivity contribution in [2.75, 3.05) is 32.7 Å². The summed E-state index contributed by atoms with van der Waals surface area (Å²) in [6.45, 7) is 6.36. The van der Waals surface area contributed by atoms with Crippen LogP contribution in [-0.4, -0.2) is 48.5 Å². The molecule has 0 radical (unpaired) electrons. The van der Waals surface area contributed by atoms with Gasteiger partial charge in [-0.25, -0.2) is 0 Å². The molecule has 104 valence electrons. The number of hydrogen-bond acceptors (Lipinski definition) is 4. The molecule has 2 rings (SSSR count). The van der Waals surface area contributed by atoms with Gasteiger partial charge in [0.15, 0.2) is 0 Å². The molecule has 1 aliphatic heterocycles. The summed E-state index contributed by atoms with van der Waals surface area (Å²) in [5, 5.41) is 6.33. The highest BCUT2D eigenvalue weighted by atomic mass is 16.2. The van der Waals surface area contributed by atoms with Crippen LogP contribution in [0.5, 0.6) is 0 Å². The highest BCUT2D eigenvalue weighted by Gasteiger charge is 2.15. The van der Waals surface area contributed by atoms with Gasteiger partial charge < -0.3 is 10.6 Å². The first-order valence-corrected chi connectivity index (χ1v) is 6.89. The van der Waals surface area contributed by atoms with E-state index >= 15 is 0 Å². The van der Waals surface area contributed by atoms with E-state index in [-0.39, 0.29) is 11.9 Å². The van der Waals surface area contributed by atoms with Crippen LogP contribution in [0.15, 0.2) is 24.4 Å². The summed E-state index contributed by atoms with van der Waals surface area (Å²) in [4.78, 5) is 18.5. The van der Waals surface area contributed by atoms with Gasteiger partial charge in [-0.1, -0.05) is 6.07 Å². The third-order valence-electron chi connectivity index (χ3n) is 3.31. The fourth-order valence-electron chi connectivity index (χ4n) is 2.26. The molecule has 0 aliphatic carbocycles. The summed E-state index contributed by atoms with van der Waals surface area (Å²) >= 11 is 0. The van der Waals surface area contributed by atoms with Gasteiger partial charge in [-0.05, 0) is 38.6 Å². The van der Waals surface area contributed by atoms with Crippen LogP contribution in [0.4, 0.5) is 0 Å². The predicted octanol–water partition coefficient (Wildman–Crippen LogP) is 0.554. The molecule has 0 aromatic carbocycles. The number of amides is 1. The third kappa shape index (κ3) is 4.61. The molecule has 2 N–H and O–H groups in total. The lowest BCUT2D eigenvalue weighted by atomic mass is 10.2. The molecule has 1 saturated heterocycles. The van der Waals surface area contributed by atoms with Gasteiger partial charge in [-0.2, -0.15) is 0 Å². The summed E-state index contributed by atoms with van der Waals surface area (Å²) in [6.07, 6.45) is 2.85. The zero-order valence-electron chi connectivity index (χ0n) is 11.4. The van der Waals surface area contributed by atoms with Gasteiger partial charge in [0.1, 0.15) is 0 Å². The molecular weight excluding hydrogens is 240 g/mol. The lowest BCUT2D eigenvalue weighted by Crippen LogP contribution is -2.39. The molecule has 5 nitrogen and oxygen atoms in total. The van der Waals surface area contributed by atoms with Gasteiger partial charge in [0.2, 0.25) is 5.91 Å². The van der Waals surface area contributed by atoms with Crippen LogP contribution in [0.3, 0.4) is 0 Å². The number of aromatic nitrogens is 1. The summed E-state index contributed by atoms with van der Waals surface area (Å²) in [7, 11) is 0. The topological polar surface area (TPSA) is 57.3 Å². The average Bonchev–Trinajstić information content (AvgIpc) is 2.68. The number of hydrogen-bond donors (Lipinski definition) is 2. The van der Waals surface area contributed by atoms with Crippen molar-refractivity contribution in [2.24, 2.45) is 0 Å². The molecule has 1 amide bonds. The van der Waals surface area contributed by atoms with Crippen molar-refractivity contribution >= 4 is 5.91 Å². The van der Waals surface area contributed by atoms with Crippen molar-refractivity contribution < 1.29 is 4.79 Å². The summed E-state index contributed by atoms with van der Waals surface area (Å²) in [5.41, 5.74) is 0.897. The van der Waals surface area contributed by atoms with Crippen molar-refractivity contribution in [2.45, 2.75) is 19.4 Å². The van der Waals surface area contributed by atoms with Crippen molar-refractivity contribution in [1.82, 2.24) is 20.5 Å². The Morgan fingerprint density at radius 1 is 1.47 bits per heavy atom. The van der Waals surface area contributed by atoms with E-state index < -0.39 is 0 Å². The van der Waals surface area contributed by atoms with Crippen LogP contribution < -0.4 is 10.6 Å². The number of nitrogens with one attached hydrogen (secondary N) is 2. The second kappa shape index (κ2) is 7.21. The molecule has 1 aromatic rings. The van der Waals surface area contributed by atoms with E-state index in [0.717, 1.165) is 38.3 Å². The van der Waals surface area contributed by atoms with E-state index in [0.29, 0.717) is 6.54 Å². The molecule has 5 heteroatoms. The maximum Gasteiger partial charge on any atom is 0.234 e. The Bertz CT molecular complexity index is 388. The van der Waals surface area contributed by atoms with E-state index in [9.17, 15) is 4.79 Å². The van der Waals surface area contributed by atoms with Gasteiger partial charge in [0.25, 0.3) is 0 Å². The first-order valence-electron chi connectivity index (χ1n) is 6.89. The van der Waals surface area contributed by atoms with Crippen LogP contribution in [0.2, 0.25) is 0 Å². The van der Waals surface area contributed by atoms with Gasteiger partial charge in [0.05, 0.1) is 18.3 Å². The lowest BCUT2D eigenvalue weighted by Gasteiger charge is -2.20. The molecule has 1 atom stereocenters. The zero-order valence-corrected chi connectivity index (χ0v) is 11.4. The molecular formula is C14H22N4O. The third-order valence-corrected chi connectivity index (χ3v) is 3.31. The minimum atomic E-state index is -0.0428. The van der Waals surface area contributed by atoms with Crippen LogP contribution in [0.25, 0.3) is 0 Å². The molecule has 1 fully saturated rings. The van der Waals surface area contributed by atoms with Crippen molar-refractivity contribution in [3.63, 3.8) is 0 Å². The van der Waals surface area contributed by atoms with Crippen molar-refractivity contribution in [3.8, 4) is 0 Å². The number of carbonyl (C=O) groups excluding carboxylic acids is 1. The van der Waals surface area contributed by atoms with E-state index in [1.165, 1.54) is 0 Å². The molecule has 19 heavy (non-hydrogen) atoms. The van der Waals surface area contributed by atoms with Crippen molar-refractivity contribution in [3.05, 3.63) is 30.1 Å². The Morgan fingerprint density at radius 3 is 3.16 bits per heavy atom. The highest BCUT2D eigenvalue weighted by molar-refractivity contribution is 5.78. The maximum absolute atomic E-state index is 12.0. The quantitative estimate of drug-likeness (QED) is 0.832. The summed E-state index contributed by atoms with van der Waals surface area (Å²) in [6, 6.07) is 5.70. The van der Waals surface area contributed by atoms with Crippen molar-refractivity contribution in [1.29, 1.82) is 0 Å². The molecule has 0 unspecified atom stereocenters. The van der Waals surface area contributed by atoms with Gasteiger partial charge in [-0.3, -0.25) is 14.7 Å². The number of nitrogens with zero attached hydrogens (tertiary/aromatic N) is 2. The van der Waals surface area contributed by atoms with Crippen LogP contribution in [0.1, 0.15) is 25.1 Å². The molecule has 0 bridgehead atoms. The minimum Gasteiger partial charge on any atom is -0.347 e. The van der Waals surface area contributed by atoms with Gasteiger partial charge in [-0.15, -0.1) is 0 Å². The minimum absolute atomic E-state index is 0.0428. The second-order valence-electron chi connectivity index (χ2n) is 4.92. The highest BCUT2D eigenvalue weighted by Crippen LogP contribution is 2.07. The largest absolute Gasteiger partial charge is 0.347 e. The summed E-state index contributed by atoms with van der Waals surface area (Å²) in [5.74, 6) is 0.0695. The first-order chi connectivity index (χ1) is 9.25. The fourth-order valence-corrected chi connectivity index (χ4v) is 2.26. The number of rotatable bonds is 4. The molecule has 2 heterocycles. The predicted molar refractivity (Wildman–Crippen MR) is 74.7 cm³/mol. The Balaban J connectivity index is 1.80. The van der Waals surface area contributed by atoms with E-state index in [1.807, 2.05) is 25.1 Å². The normalized spacial score (nSPS) is 18.6. The fraction of sp³-hybridized carbons (Fsp3) is 0.571. The smallest absolute Gasteiger partial charge is 0.234 e. The Labute approximate surface area is 114 Å². The van der Waals surface area contributed by atoms with Crippen LogP contribution in [0, 0.1) is 0 Å². The van der Waals surface area contributed by atoms with Crippen LogP contribution in [-0.2, 0) is 4.79 Å². The molecule has 0 spiro atoms. The van der Waals surface area contributed by atoms with E-state index in [4.69, 9.17) is 0 Å². The number of carbonyl (C=O) groups is 1. The standard InChI is InChI=1S/C14H22N4O/c1-12(13-5-2-3-7-16-13)17-14(19)11-18-9-4-6-15-8-10-18/h2-3,5,7,12,15H,4,6,8-11H2,1H3,(H,17,19)/t12-/m0/s1. The Morgan fingerprint density at radius 2 is 2.37 bits per heavy atom. The summed E-state index contributed by atoms with van der Waals surface area (Å²) < 4.78 is 0. The number of pyridine rings is 1. The monoisotopic (exact) mass is 262 g/mol. The Kier molecular flexibility index (Phi) is 5.30. The first kappa shape index (κ1) is 14.0.